The van der Waals surface area contributed by atoms with Crippen LogP contribution in [0.3, 0.4) is 0 Å². The third-order valence-electron chi connectivity index (χ3n) is 4.03. The van der Waals surface area contributed by atoms with Crippen molar-refractivity contribution in [3.8, 4) is 0 Å². The van der Waals surface area contributed by atoms with E-state index in [4.69, 9.17) is 0 Å². The summed E-state index contributed by atoms with van der Waals surface area (Å²) in [5.41, 5.74) is 0. The Hall–Kier alpha value is -0.570. The number of nitrogens with one attached hydrogen (secondary N) is 1. The predicted octanol–water partition coefficient (Wildman–Crippen LogP) is 1.53. The van der Waals surface area contributed by atoms with Crippen LogP contribution in [0.4, 0.5) is 0 Å². The van der Waals surface area contributed by atoms with Crippen LogP contribution in [-0.4, -0.2) is 36.0 Å². The maximum absolute atomic E-state index is 12.4. The van der Waals surface area contributed by atoms with Gasteiger partial charge in [-0.1, -0.05) is 6.42 Å². The molecule has 0 aromatic carbocycles. The SMILES string of the molecule is O=C([C@@H]1CCCCN1)N(CC1CC1)C1CC1. The Morgan fingerprint density at radius 2 is 1.94 bits per heavy atom. The lowest BCUT2D eigenvalue weighted by Crippen LogP contribution is -2.49. The Morgan fingerprint density at radius 1 is 1.12 bits per heavy atom. The molecule has 16 heavy (non-hydrogen) atoms. The molecule has 1 atom stereocenters. The molecule has 3 fully saturated rings. The molecule has 1 aliphatic heterocycles. The summed E-state index contributed by atoms with van der Waals surface area (Å²) in [6.45, 7) is 2.07. The van der Waals surface area contributed by atoms with Crippen LogP contribution in [0.2, 0.25) is 0 Å². The van der Waals surface area contributed by atoms with Gasteiger partial charge in [0, 0.05) is 12.6 Å². The van der Waals surface area contributed by atoms with Crippen LogP contribution >= 0.6 is 0 Å². The number of piperidine rings is 1. The number of carbonyl (C=O) groups is 1. The average molecular weight is 222 g/mol. The van der Waals surface area contributed by atoms with Gasteiger partial charge in [0.15, 0.2) is 0 Å². The second-order valence-electron chi connectivity index (χ2n) is 5.67. The predicted molar refractivity (Wildman–Crippen MR) is 63.1 cm³/mol. The standard InChI is InChI=1S/C13H22N2O/c16-13(12-3-1-2-8-14-12)15(11-6-7-11)9-10-4-5-10/h10-12,14H,1-9H2/t12-/m0/s1. The minimum atomic E-state index is 0.133. The number of hydrogen-bond acceptors (Lipinski definition) is 2. The lowest BCUT2D eigenvalue weighted by Gasteiger charge is -2.30. The topological polar surface area (TPSA) is 32.3 Å². The van der Waals surface area contributed by atoms with Gasteiger partial charge in [-0.05, 0) is 51.0 Å². The third-order valence-corrected chi connectivity index (χ3v) is 4.03. The highest BCUT2D eigenvalue weighted by Crippen LogP contribution is 2.35. The van der Waals surface area contributed by atoms with Crippen molar-refractivity contribution in [1.29, 1.82) is 0 Å². The summed E-state index contributed by atoms with van der Waals surface area (Å²) in [7, 11) is 0. The Balaban J connectivity index is 1.59. The van der Waals surface area contributed by atoms with Crippen molar-refractivity contribution in [2.75, 3.05) is 13.1 Å². The van der Waals surface area contributed by atoms with Crippen molar-refractivity contribution in [2.45, 2.75) is 57.0 Å². The number of nitrogens with zero attached hydrogens (tertiary/aromatic N) is 1. The van der Waals surface area contributed by atoms with E-state index in [1.165, 1.54) is 38.5 Å². The molecule has 0 aromatic heterocycles. The Labute approximate surface area is 97.6 Å². The molecule has 1 saturated heterocycles. The molecule has 0 unspecified atom stereocenters. The largest absolute Gasteiger partial charge is 0.338 e. The van der Waals surface area contributed by atoms with E-state index < -0.39 is 0 Å². The first-order valence-electron chi connectivity index (χ1n) is 6.88. The number of rotatable bonds is 4. The van der Waals surface area contributed by atoms with Gasteiger partial charge >= 0.3 is 0 Å². The molecule has 3 nitrogen and oxygen atoms in total. The molecular weight excluding hydrogens is 200 g/mol. The average Bonchev–Trinajstić information content (AvgIpc) is 3.16. The maximum atomic E-state index is 12.4. The van der Waals surface area contributed by atoms with Crippen molar-refractivity contribution in [1.82, 2.24) is 10.2 Å². The van der Waals surface area contributed by atoms with E-state index in [0.29, 0.717) is 11.9 Å². The van der Waals surface area contributed by atoms with Gasteiger partial charge in [-0.15, -0.1) is 0 Å². The van der Waals surface area contributed by atoms with Crippen molar-refractivity contribution >= 4 is 5.91 Å². The van der Waals surface area contributed by atoms with Crippen LogP contribution in [-0.2, 0) is 4.79 Å². The molecule has 0 radical (unpaired) electrons. The molecule has 90 valence electrons. The van der Waals surface area contributed by atoms with Gasteiger partial charge in [-0.25, -0.2) is 0 Å². The van der Waals surface area contributed by atoms with Gasteiger partial charge in [-0.3, -0.25) is 4.79 Å². The highest BCUT2D eigenvalue weighted by atomic mass is 16.2. The molecule has 1 amide bonds. The van der Waals surface area contributed by atoms with Gasteiger partial charge in [0.05, 0.1) is 6.04 Å². The zero-order valence-electron chi connectivity index (χ0n) is 9.95. The fraction of sp³-hybridized carbons (Fsp3) is 0.923. The first-order chi connectivity index (χ1) is 7.84. The first kappa shape index (κ1) is 10.6. The number of carbonyl (C=O) groups excluding carboxylic acids is 1. The Bertz CT molecular complexity index is 265. The lowest BCUT2D eigenvalue weighted by atomic mass is 10.0. The van der Waals surface area contributed by atoms with Gasteiger partial charge in [0.25, 0.3) is 0 Å². The number of amides is 1. The summed E-state index contributed by atoms with van der Waals surface area (Å²) in [6.07, 6.45) is 8.66. The van der Waals surface area contributed by atoms with E-state index in [2.05, 4.69) is 10.2 Å². The van der Waals surface area contributed by atoms with Crippen LogP contribution in [0.15, 0.2) is 0 Å². The van der Waals surface area contributed by atoms with Crippen LogP contribution in [0.1, 0.15) is 44.9 Å². The summed E-state index contributed by atoms with van der Waals surface area (Å²) >= 11 is 0. The minimum Gasteiger partial charge on any atom is -0.338 e. The lowest BCUT2D eigenvalue weighted by molar-refractivity contribution is -0.134. The highest BCUT2D eigenvalue weighted by molar-refractivity contribution is 5.82. The van der Waals surface area contributed by atoms with Crippen LogP contribution in [0, 0.1) is 5.92 Å². The molecule has 2 saturated carbocycles. The van der Waals surface area contributed by atoms with E-state index in [1.807, 2.05) is 0 Å². The first-order valence-corrected chi connectivity index (χ1v) is 6.88. The molecule has 1 N–H and O–H groups in total. The number of hydrogen-bond donors (Lipinski definition) is 1. The fourth-order valence-electron chi connectivity index (χ4n) is 2.65. The summed E-state index contributed by atoms with van der Waals surface area (Å²) in [5.74, 6) is 1.22. The quantitative estimate of drug-likeness (QED) is 0.782. The van der Waals surface area contributed by atoms with E-state index in [1.54, 1.807) is 0 Å². The zero-order valence-corrected chi connectivity index (χ0v) is 9.95. The minimum absolute atomic E-state index is 0.133. The summed E-state index contributed by atoms with van der Waals surface area (Å²) < 4.78 is 0. The Morgan fingerprint density at radius 3 is 2.50 bits per heavy atom. The monoisotopic (exact) mass is 222 g/mol. The van der Waals surface area contributed by atoms with Crippen LogP contribution < -0.4 is 5.32 Å². The van der Waals surface area contributed by atoms with Crippen molar-refractivity contribution in [3.05, 3.63) is 0 Å². The Kier molecular flexibility index (Phi) is 2.88. The fourth-order valence-corrected chi connectivity index (χ4v) is 2.65. The van der Waals surface area contributed by atoms with Crippen molar-refractivity contribution < 1.29 is 4.79 Å². The molecule has 0 bridgehead atoms. The zero-order chi connectivity index (χ0) is 11.0. The molecule has 3 heteroatoms. The van der Waals surface area contributed by atoms with Crippen molar-refractivity contribution in [2.24, 2.45) is 5.92 Å². The van der Waals surface area contributed by atoms with Crippen molar-refractivity contribution in [3.63, 3.8) is 0 Å². The smallest absolute Gasteiger partial charge is 0.239 e. The third kappa shape index (κ3) is 2.40. The highest BCUT2D eigenvalue weighted by Gasteiger charge is 2.38. The molecule has 0 spiro atoms. The molecular formula is C13H22N2O. The second-order valence-corrected chi connectivity index (χ2v) is 5.67. The molecule has 0 aromatic rings. The van der Waals surface area contributed by atoms with Crippen LogP contribution in [0.5, 0.6) is 0 Å². The van der Waals surface area contributed by atoms with Crippen LogP contribution in [0.25, 0.3) is 0 Å². The molecule has 1 heterocycles. The van der Waals surface area contributed by atoms with Gasteiger partial charge < -0.3 is 10.2 Å². The maximum Gasteiger partial charge on any atom is 0.239 e. The molecule has 3 rings (SSSR count). The second kappa shape index (κ2) is 4.36. The van der Waals surface area contributed by atoms with E-state index in [9.17, 15) is 4.79 Å². The summed E-state index contributed by atoms with van der Waals surface area (Å²) in [4.78, 5) is 14.6. The van der Waals surface area contributed by atoms with Gasteiger partial charge in [0.1, 0.15) is 0 Å². The molecule has 3 aliphatic rings. The summed E-state index contributed by atoms with van der Waals surface area (Å²) in [6, 6.07) is 0.727. The van der Waals surface area contributed by atoms with E-state index in [-0.39, 0.29) is 6.04 Å². The van der Waals surface area contributed by atoms with E-state index in [0.717, 1.165) is 25.4 Å². The summed E-state index contributed by atoms with van der Waals surface area (Å²) in [5, 5.41) is 3.38. The van der Waals surface area contributed by atoms with Gasteiger partial charge in [-0.2, -0.15) is 0 Å². The normalized spacial score (nSPS) is 30.1. The molecule has 2 aliphatic carbocycles. The van der Waals surface area contributed by atoms with Gasteiger partial charge in [0.2, 0.25) is 5.91 Å². The van der Waals surface area contributed by atoms with E-state index >= 15 is 0 Å².